The lowest BCUT2D eigenvalue weighted by atomic mass is 9.45. The number of nitrogens with zero attached hydrogens (tertiary/aromatic N) is 2. The second kappa shape index (κ2) is 10.7. The van der Waals surface area contributed by atoms with Crippen molar-refractivity contribution in [3.05, 3.63) is 126 Å². The number of unbranched alkanes of at least 4 members (excludes halogenated alkanes) is 2. The van der Waals surface area contributed by atoms with Gasteiger partial charge in [-0.1, -0.05) is 106 Å². The van der Waals surface area contributed by atoms with Crippen molar-refractivity contribution in [2.45, 2.75) is 52.4 Å². The maximum absolute atomic E-state index is 6.97. The maximum atomic E-state index is 6.97. The number of aryl methyl sites for hydroxylation is 2. The molecule has 0 unspecified atom stereocenters. The minimum Gasteiger partial charge on any atom is -0.455 e. The third-order valence-corrected chi connectivity index (χ3v) is 10.9. The highest BCUT2D eigenvalue weighted by Gasteiger charge is 2.44. The van der Waals surface area contributed by atoms with Crippen LogP contribution in [0.1, 0.15) is 50.7 Å². The van der Waals surface area contributed by atoms with E-state index in [0.717, 1.165) is 36.8 Å². The summed E-state index contributed by atoms with van der Waals surface area (Å²) in [6.07, 6.45) is 6.86. The van der Waals surface area contributed by atoms with Gasteiger partial charge in [0.05, 0.1) is 0 Å². The predicted molar refractivity (Wildman–Crippen MR) is 204 cm³/mol. The highest BCUT2D eigenvalue weighted by molar-refractivity contribution is 6.90. The Balaban J connectivity index is 1.43. The molecule has 2 aliphatic heterocycles. The number of para-hydroxylation sites is 3. The van der Waals surface area contributed by atoms with E-state index in [1.807, 2.05) is 0 Å². The average Bonchev–Trinajstić information content (AvgIpc) is 3.67. The molecule has 0 fully saturated rings. The second-order valence-electron chi connectivity index (χ2n) is 13.7. The molecule has 0 atom stereocenters. The predicted octanol–water partition coefficient (Wildman–Crippen LogP) is 10.8. The number of anilines is 3. The minimum atomic E-state index is 0.0131. The Morgan fingerprint density at radius 1 is 0.625 bits per heavy atom. The maximum Gasteiger partial charge on any atom is 0.333 e. The van der Waals surface area contributed by atoms with Gasteiger partial charge >= 0.3 is 6.85 Å². The Morgan fingerprint density at radius 3 is 2.27 bits per heavy atom. The Hall–Kier alpha value is -5.22. The van der Waals surface area contributed by atoms with Crippen LogP contribution in [0.25, 0.3) is 54.9 Å². The molecule has 48 heavy (non-hydrogen) atoms. The summed E-state index contributed by atoms with van der Waals surface area (Å²) < 4.78 is 9.68. The van der Waals surface area contributed by atoms with Crippen molar-refractivity contribution in [3.63, 3.8) is 0 Å². The fraction of sp³-hybridized carbons (Fsp3) is 0.182. The zero-order valence-electron chi connectivity index (χ0n) is 27.6. The van der Waals surface area contributed by atoms with Crippen LogP contribution in [0.3, 0.4) is 0 Å². The molecule has 0 aliphatic carbocycles. The fourth-order valence-electron chi connectivity index (χ4n) is 8.78. The molecule has 0 radical (unpaired) electrons. The molecule has 8 aromatic rings. The van der Waals surface area contributed by atoms with Crippen LogP contribution >= 0.6 is 0 Å². The summed E-state index contributed by atoms with van der Waals surface area (Å²) in [5.74, 6) is 0. The lowest BCUT2D eigenvalue weighted by Gasteiger charge is -2.40. The molecule has 0 amide bonds. The topological polar surface area (TPSA) is 21.3 Å². The molecule has 0 saturated heterocycles. The van der Waals surface area contributed by atoms with E-state index < -0.39 is 0 Å². The van der Waals surface area contributed by atoms with Gasteiger partial charge in [0.25, 0.3) is 0 Å². The highest BCUT2D eigenvalue weighted by atomic mass is 16.3. The molecule has 0 saturated carbocycles. The summed E-state index contributed by atoms with van der Waals surface area (Å²) >= 11 is 0. The number of hydrogen-bond donors (Lipinski definition) is 0. The van der Waals surface area contributed by atoms with Crippen LogP contribution in [-0.4, -0.2) is 11.3 Å². The number of hydrogen-bond acceptors (Lipinski definition) is 2. The monoisotopic (exact) mass is 620 g/mol. The fourth-order valence-corrected chi connectivity index (χ4v) is 8.78. The van der Waals surface area contributed by atoms with Crippen LogP contribution in [0.4, 0.5) is 17.1 Å². The number of rotatable bonds is 7. The van der Waals surface area contributed by atoms with Crippen LogP contribution in [0.15, 0.2) is 120 Å². The Morgan fingerprint density at radius 2 is 1.40 bits per heavy atom. The number of benzene rings is 6. The first-order valence-corrected chi connectivity index (χ1v) is 17.8. The van der Waals surface area contributed by atoms with E-state index in [0.29, 0.717) is 0 Å². The van der Waals surface area contributed by atoms with E-state index in [4.69, 9.17) is 4.42 Å². The van der Waals surface area contributed by atoms with Gasteiger partial charge in [-0.25, -0.2) is 0 Å². The smallest absolute Gasteiger partial charge is 0.333 e. The third-order valence-electron chi connectivity index (χ3n) is 10.9. The first kappa shape index (κ1) is 27.9. The quantitative estimate of drug-likeness (QED) is 0.165. The molecule has 3 nitrogen and oxygen atoms in total. The van der Waals surface area contributed by atoms with Crippen LogP contribution < -0.4 is 15.8 Å². The van der Waals surface area contributed by atoms with E-state index in [1.54, 1.807) is 0 Å². The first-order valence-electron chi connectivity index (χ1n) is 17.8. The Kier molecular flexibility index (Phi) is 6.18. The Bertz CT molecular complexity index is 2560. The zero-order chi connectivity index (χ0) is 31.9. The van der Waals surface area contributed by atoms with Gasteiger partial charge in [0, 0.05) is 60.8 Å². The van der Waals surface area contributed by atoms with Crippen molar-refractivity contribution in [2.75, 3.05) is 4.90 Å². The van der Waals surface area contributed by atoms with E-state index in [1.165, 1.54) is 95.7 Å². The molecule has 232 valence electrons. The van der Waals surface area contributed by atoms with Crippen molar-refractivity contribution in [3.8, 4) is 11.1 Å². The van der Waals surface area contributed by atoms with Crippen LogP contribution in [0.5, 0.6) is 0 Å². The highest BCUT2D eigenvalue weighted by Crippen LogP contribution is 2.50. The molecule has 10 rings (SSSR count). The first-order chi connectivity index (χ1) is 23.8. The van der Waals surface area contributed by atoms with Gasteiger partial charge in [-0.2, -0.15) is 0 Å². The van der Waals surface area contributed by atoms with E-state index in [2.05, 4.69) is 138 Å². The van der Waals surface area contributed by atoms with Gasteiger partial charge in [0.1, 0.15) is 11.2 Å². The van der Waals surface area contributed by atoms with Gasteiger partial charge in [-0.3, -0.25) is 0 Å². The normalized spacial score (nSPS) is 13.2. The summed E-state index contributed by atoms with van der Waals surface area (Å²) in [6, 6.07) is 43.1. The lowest BCUT2D eigenvalue weighted by molar-refractivity contribution is 0.670. The number of aromatic nitrogens is 1. The molecule has 2 aliphatic rings. The molecule has 6 aromatic carbocycles. The van der Waals surface area contributed by atoms with Crippen molar-refractivity contribution >= 4 is 78.6 Å². The summed E-state index contributed by atoms with van der Waals surface area (Å²) in [6.45, 7) is 4.59. The summed E-state index contributed by atoms with van der Waals surface area (Å²) in [5, 5.41) is 5.03. The molecule has 0 spiro atoms. The van der Waals surface area contributed by atoms with Crippen LogP contribution in [0, 0.1) is 0 Å². The van der Waals surface area contributed by atoms with Gasteiger partial charge < -0.3 is 13.8 Å². The summed E-state index contributed by atoms with van der Waals surface area (Å²) in [4.78, 5) is 2.50. The number of fused-ring (bicyclic) bond motifs is 11. The molecule has 4 heteroatoms. The molecule has 2 aromatic heterocycles. The lowest BCUT2D eigenvalue weighted by Crippen LogP contribution is -2.56. The minimum absolute atomic E-state index is 0.0131. The molecule has 0 N–H and O–H groups in total. The van der Waals surface area contributed by atoms with Crippen molar-refractivity contribution < 1.29 is 4.42 Å². The largest absolute Gasteiger partial charge is 0.455 e. The third kappa shape index (κ3) is 3.77. The van der Waals surface area contributed by atoms with Crippen molar-refractivity contribution in [1.29, 1.82) is 0 Å². The van der Waals surface area contributed by atoms with Gasteiger partial charge in [-0.05, 0) is 84.1 Å². The molecular weight excluding hydrogens is 583 g/mol. The van der Waals surface area contributed by atoms with Crippen LogP contribution in [0.2, 0.25) is 0 Å². The summed E-state index contributed by atoms with van der Waals surface area (Å²) in [7, 11) is 0. The van der Waals surface area contributed by atoms with E-state index in [9.17, 15) is 0 Å². The van der Waals surface area contributed by atoms with Gasteiger partial charge in [-0.15, -0.1) is 0 Å². The van der Waals surface area contributed by atoms with Gasteiger partial charge in [0.2, 0.25) is 0 Å². The van der Waals surface area contributed by atoms with Crippen LogP contribution in [-0.2, 0) is 12.8 Å². The SMILES string of the molecule is CCCCc1ccc2c3ccc(CCCC)c4c3n(c2c1)B1c2ccccc2N(c2ccccc2)c2cc3c(oc5ccccc53)c-4c21. The average molecular weight is 621 g/mol. The zero-order valence-corrected chi connectivity index (χ0v) is 27.6. The molecule has 0 bridgehead atoms. The molecular formula is C44H37BN2O. The molecule has 4 heterocycles. The summed E-state index contributed by atoms with van der Waals surface area (Å²) in [5.41, 5.74) is 16.4. The van der Waals surface area contributed by atoms with Gasteiger partial charge in [0.15, 0.2) is 0 Å². The van der Waals surface area contributed by atoms with Crippen molar-refractivity contribution in [1.82, 2.24) is 4.48 Å². The number of furan rings is 1. The standard InChI is InChI=1S/C44H37BN2O/c1-3-5-14-28-22-24-31-33-25-23-29(15-6-4-2)40-41-42-38(27-34-32-18-10-13-21-39(32)48-44(34)41)46(30-16-8-7-9-17-30)36-20-12-11-19-35(36)45(42)47(43(33)40)37(31)26-28/h7-13,16-27H,3-6,14-15H2,1-2H3. The van der Waals surface area contributed by atoms with Crippen molar-refractivity contribution in [2.24, 2.45) is 0 Å². The Labute approximate surface area is 281 Å². The van der Waals surface area contributed by atoms with E-state index in [-0.39, 0.29) is 6.85 Å². The second-order valence-corrected chi connectivity index (χ2v) is 13.7. The van der Waals surface area contributed by atoms with E-state index >= 15 is 0 Å².